The van der Waals surface area contributed by atoms with Crippen LogP contribution in [-0.4, -0.2) is 53.6 Å². The van der Waals surface area contributed by atoms with E-state index < -0.39 is 0 Å². The van der Waals surface area contributed by atoms with Gasteiger partial charge < -0.3 is 9.32 Å². The van der Waals surface area contributed by atoms with Crippen LogP contribution < -0.4 is 0 Å². The molecule has 0 saturated carbocycles. The van der Waals surface area contributed by atoms with E-state index in [2.05, 4.69) is 10.2 Å². The Morgan fingerprint density at radius 1 is 1.19 bits per heavy atom. The van der Waals surface area contributed by atoms with Crippen molar-refractivity contribution in [2.75, 3.05) is 27.7 Å². The number of carbonyl (C=O) groups excluding carboxylic acids is 1. The molecule has 112 valence electrons. The lowest BCUT2D eigenvalue weighted by Gasteiger charge is -2.22. The van der Waals surface area contributed by atoms with Gasteiger partial charge in [-0.25, -0.2) is 0 Å². The van der Waals surface area contributed by atoms with Gasteiger partial charge in [-0.3, -0.25) is 9.69 Å². The lowest BCUT2D eigenvalue weighted by Crippen LogP contribution is -2.35. The van der Waals surface area contributed by atoms with Crippen molar-refractivity contribution in [3.05, 3.63) is 36.2 Å². The zero-order chi connectivity index (χ0) is 15.4. The average Bonchev–Trinajstić information content (AvgIpc) is 2.96. The number of carbonyl (C=O) groups is 1. The maximum absolute atomic E-state index is 11.7. The third-order valence-corrected chi connectivity index (χ3v) is 3.36. The molecule has 2 aromatic rings. The highest BCUT2D eigenvalue weighted by Gasteiger charge is 2.21. The number of aromatic nitrogens is 2. The van der Waals surface area contributed by atoms with E-state index in [1.807, 2.05) is 49.2 Å². The molecular formula is C15H20N4O2. The minimum atomic E-state index is -0.126. The summed E-state index contributed by atoms with van der Waals surface area (Å²) in [4.78, 5) is 15.2. The number of hydrogen-bond acceptors (Lipinski definition) is 5. The van der Waals surface area contributed by atoms with E-state index in [-0.39, 0.29) is 11.9 Å². The van der Waals surface area contributed by atoms with Crippen molar-refractivity contribution >= 4 is 5.91 Å². The Morgan fingerprint density at radius 2 is 1.86 bits per heavy atom. The Hall–Kier alpha value is -2.21. The molecule has 0 N–H and O–H groups in total. The van der Waals surface area contributed by atoms with Gasteiger partial charge in [0, 0.05) is 19.7 Å². The second kappa shape index (κ2) is 6.49. The number of likely N-dealkylation sites (N-methyl/N-ethyl adjacent to an activating group) is 2. The first-order valence-electron chi connectivity index (χ1n) is 6.78. The van der Waals surface area contributed by atoms with Crippen LogP contribution >= 0.6 is 0 Å². The summed E-state index contributed by atoms with van der Waals surface area (Å²) in [7, 11) is 5.33. The van der Waals surface area contributed by atoms with E-state index >= 15 is 0 Å². The van der Waals surface area contributed by atoms with Crippen molar-refractivity contribution in [1.82, 2.24) is 20.0 Å². The van der Waals surface area contributed by atoms with Crippen molar-refractivity contribution in [1.29, 1.82) is 0 Å². The summed E-state index contributed by atoms with van der Waals surface area (Å²) in [6.45, 7) is 2.24. The number of rotatable bonds is 5. The summed E-state index contributed by atoms with van der Waals surface area (Å²) < 4.78 is 5.71. The van der Waals surface area contributed by atoms with Gasteiger partial charge in [-0.1, -0.05) is 18.2 Å². The average molecular weight is 288 g/mol. The first-order chi connectivity index (χ1) is 9.99. The molecule has 1 unspecified atom stereocenters. The maximum atomic E-state index is 11.7. The van der Waals surface area contributed by atoms with Crippen LogP contribution in [0.15, 0.2) is 34.7 Å². The second-order valence-electron chi connectivity index (χ2n) is 5.19. The van der Waals surface area contributed by atoms with Crippen molar-refractivity contribution < 1.29 is 9.21 Å². The standard InChI is InChI=1S/C15H20N4O2/c1-11(19(4)10-13(20)18(2)3)14-16-17-15(21-14)12-8-6-5-7-9-12/h5-9,11H,10H2,1-4H3. The predicted octanol–water partition coefficient (Wildman–Crippen LogP) is 1.82. The monoisotopic (exact) mass is 288 g/mol. The van der Waals surface area contributed by atoms with Gasteiger partial charge in [0.15, 0.2) is 0 Å². The highest BCUT2D eigenvalue weighted by atomic mass is 16.4. The normalized spacial score (nSPS) is 12.4. The molecule has 21 heavy (non-hydrogen) atoms. The Kier molecular flexibility index (Phi) is 4.70. The van der Waals surface area contributed by atoms with Crippen molar-refractivity contribution in [2.45, 2.75) is 13.0 Å². The summed E-state index contributed by atoms with van der Waals surface area (Å²) >= 11 is 0. The number of benzene rings is 1. The molecule has 0 bridgehead atoms. The summed E-state index contributed by atoms with van der Waals surface area (Å²) in [5, 5.41) is 8.15. The van der Waals surface area contributed by atoms with Crippen LogP contribution in [-0.2, 0) is 4.79 Å². The van der Waals surface area contributed by atoms with Gasteiger partial charge in [0.1, 0.15) is 0 Å². The topological polar surface area (TPSA) is 62.5 Å². The molecule has 0 saturated heterocycles. The molecule has 0 fully saturated rings. The highest BCUT2D eigenvalue weighted by Crippen LogP contribution is 2.22. The molecule has 1 amide bonds. The summed E-state index contributed by atoms with van der Waals surface area (Å²) in [6, 6.07) is 9.49. The maximum Gasteiger partial charge on any atom is 0.247 e. The minimum Gasteiger partial charge on any atom is -0.419 e. The lowest BCUT2D eigenvalue weighted by molar-refractivity contribution is -0.130. The zero-order valence-corrected chi connectivity index (χ0v) is 12.8. The van der Waals surface area contributed by atoms with E-state index in [0.29, 0.717) is 18.3 Å². The quantitative estimate of drug-likeness (QED) is 0.839. The molecule has 0 radical (unpaired) electrons. The number of nitrogens with zero attached hydrogens (tertiary/aromatic N) is 4. The van der Waals surface area contributed by atoms with Gasteiger partial charge in [0.25, 0.3) is 0 Å². The molecule has 1 heterocycles. The van der Waals surface area contributed by atoms with Crippen LogP contribution in [0.25, 0.3) is 11.5 Å². The molecule has 6 nitrogen and oxygen atoms in total. The van der Waals surface area contributed by atoms with E-state index in [1.54, 1.807) is 19.0 Å². The first kappa shape index (κ1) is 15.2. The first-order valence-corrected chi connectivity index (χ1v) is 6.78. The molecule has 1 aromatic carbocycles. The minimum absolute atomic E-state index is 0.0344. The molecule has 1 atom stereocenters. The van der Waals surface area contributed by atoms with Gasteiger partial charge in [0.2, 0.25) is 17.7 Å². The molecule has 0 aliphatic carbocycles. The highest BCUT2D eigenvalue weighted by molar-refractivity contribution is 5.77. The van der Waals surface area contributed by atoms with E-state index in [9.17, 15) is 4.79 Å². The van der Waals surface area contributed by atoms with Crippen LogP contribution in [0.5, 0.6) is 0 Å². The Labute approximate surface area is 124 Å². The number of amides is 1. The van der Waals surface area contributed by atoms with Crippen molar-refractivity contribution in [2.24, 2.45) is 0 Å². The van der Waals surface area contributed by atoms with Crippen LogP contribution in [0.4, 0.5) is 0 Å². The molecule has 0 aliphatic rings. The third-order valence-electron chi connectivity index (χ3n) is 3.36. The molecular weight excluding hydrogens is 268 g/mol. The number of hydrogen-bond donors (Lipinski definition) is 0. The lowest BCUT2D eigenvalue weighted by atomic mass is 10.2. The summed E-state index contributed by atoms with van der Waals surface area (Å²) in [6.07, 6.45) is 0. The van der Waals surface area contributed by atoms with Gasteiger partial charge in [-0.15, -0.1) is 10.2 Å². The fourth-order valence-corrected chi connectivity index (χ4v) is 1.78. The molecule has 6 heteroatoms. The van der Waals surface area contributed by atoms with Crippen LogP contribution in [0.3, 0.4) is 0 Å². The second-order valence-corrected chi connectivity index (χ2v) is 5.19. The summed E-state index contributed by atoms with van der Waals surface area (Å²) in [5.41, 5.74) is 0.885. The van der Waals surface area contributed by atoms with Crippen LogP contribution in [0.2, 0.25) is 0 Å². The van der Waals surface area contributed by atoms with E-state index in [0.717, 1.165) is 5.56 Å². The summed E-state index contributed by atoms with van der Waals surface area (Å²) in [5.74, 6) is 1.03. The third kappa shape index (κ3) is 3.66. The Bertz CT molecular complexity index is 595. The zero-order valence-electron chi connectivity index (χ0n) is 12.8. The van der Waals surface area contributed by atoms with Crippen LogP contribution in [0, 0.1) is 0 Å². The molecule has 0 spiro atoms. The fourth-order valence-electron chi connectivity index (χ4n) is 1.78. The van der Waals surface area contributed by atoms with Crippen molar-refractivity contribution in [3.8, 4) is 11.5 Å². The van der Waals surface area contributed by atoms with Gasteiger partial charge in [0.05, 0.1) is 12.6 Å². The molecule has 2 rings (SSSR count). The Balaban J connectivity index is 2.08. The Morgan fingerprint density at radius 3 is 2.48 bits per heavy atom. The fraction of sp³-hybridized carbons (Fsp3) is 0.400. The predicted molar refractivity (Wildman–Crippen MR) is 79.5 cm³/mol. The SMILES string of the molecule is CC(c1nnc(-c2ccccc2)o1)N(C)CC(=O)N(C)C. The van der Waals surface area contributed by atoms with Gasteiger partial charge in [-0.2, -0.15) is 0 Å². The smallest absolute Gasteiger partial charge is 0.247 e. The molecule has 1 aromatic heterocycles. The van der Waals surface area contributed by atoms with Gasteiger partial charge in [-0.05, 0) is 26.1 Å². The van der Waals surface area contributed by atoms with Gasteiger partial charge >= 0.3 is 0 Å². The van der Waals surface area contributed by atoms with E-state index in [4.69, 9.17) is 4.42 Å². The van der Waals surface area contributed by atoms with Crippen LogP contribution in [0.1, 0.15) is 18.9 Å². The largest absolute Gasteiger partial charge is 0.419 e. The van der Waals surface area contributed by atoms with E-state index in [1.165, 1.54) is 0 Å². The molecule has 0 aliphatic heterocycles. The van der Waals surface area contributed by atoms with Crippen molar-refractivity contribution in [3.63, 3.8) is 0 Å².